The van der Waals surface area contributed by atoms with Crippen LogP contribution in [0.4, 0.5) is 0 Å². The Morgan fingerprint density at radius 1 is 1.05 bits per heavy atom. The van der Waals surface area contributed by atoms with Gasteiger partial charge in [0.15, 0.2) is 0 Å². The monoisotopic (exact) mass is 278 g/mol. The average molecular weight is 278 g/mol. The van der Waals surface area contributed by atoms with Gasteiger partial charge < -0.3 is 9.47 Å². The number of benzene rings is 1. The van der Waals surface area contributed by atoms with Crippen LogP contribution in [0.3, 0.4) is 0 Å². The Morgan fingerprint density at radius 2 is 1.70 bits per heavy atom. The van der Waals surface area contributed by atoms with Crippen molar-refractivity contribution in [1.29, 1.82) is 0 Å². The minimum atomic E-state index is -0.562. The number of esters is 2. The normalized spacial score (nSPS) is 12.7. The Balaban J connectivity index is 0.000000246. The lowest BCUT2D eigenvalue weighted by Gasteiger charge is -2.15. The maximum absolute atomic E-state index is 11.2. The van der Waals surface area contributed by atoms with Gasteiger partial charge in [-0.3, -0.25) is 14.4 Å². The molecule has 0 aromatic heterocycles. The fourth-order valence-electron chi connectivity index (χ4n) is 1.92. The summed E-state index contributed by atoms with van der Waals surface area (Å²) < 4.78 is 9.08. The molecule has 1 aromatic carbocycles. The summed E-state index contributed by atoms with van der Waals surface area (Å²) in [6.45, 7) is 2.36. The highest BCUT2D eigenvalue weighted by molar-refractivity contribution is 5.83. The van der Waals surface area contributed by atoms with Crippen molar-refractivity contribution >= 4 is 17.7 Å². The van der Waals surface area contributed by atoms with Crippen LogP contribution < -0.4 is 4.74 Å². The van der Waals surface area contributed by atoms with Crippen molar-refractivity contribution in [3.63, 3.8) is 0 Å². The third-order valence-electron chi connectivity index (χ3n) is 2.76. The summed E-state index contributed by atoms with van der Waals surface area (Å²) in [5.74, 6) is 0.0502. The Bertz CT molecular complexity index is 507. The third-order valence-corrected chi connectivity index (χ3v) is 2.76. The van der Waals surface area contributed by atoms with Crippen molar-refractivity contribution in [2.45, 2.75) is 33.1 Å². The van der Waals surface area contributed by atoms with E-state index in [1.54, 1.807) is 7.11 Å². The molecule has 0 unspecified atom stereocenters. The summed E-state index contributed by atoms with van der Waals surface area (Å²) in [6, 6.07) is 5.97. The minimum Gasteiger partial charge on any atom is -0.497 e. The maximum Gasteiger partial charge on any atom is 0.310 e. The largest absolute Gasteiger partial charge is 0.497 e. The Kier molecular flexibility index (Phi) is 5.90. The van der Waals surface area contributed by atoms with Gasteiger partial charge in [-0.25, -0.2) is 0 Å². The van der Waals surface area contributed by atoms with Crippen LogP contribution in [-0.2, 0) is 32.0 Å². The van der Waals surface area contributed by atoms with Gasteiger partial charge in [0.1, 0.15) is 11.5 Å². The van der Waals surface area contributed by atoms with Gasteiger partial charge in [0, 0.05) is 26.7 Å². The molecule has 0 spiro atoms. The zero-order chi connectivity index (χ0) is 15.1. The molecule has 0 saturated heterocycles. The molecule has 1 aliphatic carbocycles. The van der Waals surface area contributed by atoms with Crippen LogP contribution >= 0.6 is 0 Å². The van der Waals surface area contributed by atoms with Crippen molar-refractivity contribution in [2.75, 3.05) is 7.11 Å². The lowest BCUT2D eigenvalue weighted by Crippen LogP contribution is -2.12. The van der Waals surface area contributed by atoms with E-state index < -0.39 is 11.9 Å². The summed E-state index contributed by atoms with van der Waals surface area (Å²) in [6.07, 6.45) is 2.16. The van der Waals surface area contributed by atoms with Crippen molar-refractivity contribution < 1.29 is 23.9 Å². The van der Waals surface area contributed by atoms with E-state index in [-0.39, 0.29) is 0 Å². The Hall–Kier alpha value is -2.17. The van der Waals surface area contributed by atoms with Gasteiger partial charge in [-0.1, -0.05) is 6.07 Å². The molecule has 0 aliphatic heterocycles. The number of carbonyl (C=O) groups is 3. The van der Waals surface area contributed by atoms with Gasteiger partial charge in [-0.2, -0.15) is 0 Å². The molecule has 0 fully saturated rings. The number of hydrogen-bond donors (Lipinski definition) is 0. The van der Waals surface area contributed by atoms with Gasteiger partial charge >= 0.3 is 11.9 Å². The SMILES string of the molecule is CC(=O)OC(C)=O.COc1ccc2c(c1)CC(=O)CC2. The smallest absolute Gasteiger partial charge is 0.310 e. The van der Waals surface area contributed by atoms with E-state index in [1.165, 1.54) is 19.4 Å². The number of carbonyl (C=O) groups excluding carboxylic acids is 3. The van der Waals surface area contributed by atoms with E-state index in [9.17, 15) is 14.4 Å². The second kappa shape index (κ2) is 7.43. The number of hydrogen-bond acceptors (Lipinski definition) is 5. The predicted molar refractivity (Wildman–Crippen MR) is 72.5 cm³/mol. The molecule has 20 heavy (non-hydrogen) atoms. The molecule has 2 rings (SSSR count). The lowest BCUT2D eigenvalue weighted by molar-refractivity contribution is -0.156. The third kappa shape index (κ3) is 5.22. The number of rotatable bonds is 1. The molecule has 5 heteroatoms. The minimum absolute atomic E-state index is 0.334. The maximum atomic E-state index is 11.2. The van der Waals surface area contributed by atoms with Crippen LogP contribution in [0.1, 0.15) is 31.4 Å². The molecule has 0 saturated carbocycles. The molecular weight excluding hydrogens is 260 g/mol. The molecule has 0 amide bonds. The van der Waals surface area contributed by atoms with E-state index in [0.29, 0.717) is 18.6 Å². The van der Waals surface area contributed by atoms with E-state index >= 15 is 0 Å². The zero-order valence-corrected chi connectivity index (χ0v) is 11.9. The number of Topliss-reactive ketones (excluding diaryl/α,β-unsaturated/α-hetero) is 1. The topological polar surface area (TPSA) is 69.7 Å². The van der Waals surface area contributed by atoms with Crippen molar-refractivity contribution in [3.8, 4) is 5.75 Å². The predicted octanol–water partition coefficient (Wildman–Crippen LogP) is 1.85. The van der Waals surface area contributed by atoms with Crippen LogP contribution in [0.5, 0.6) is 5.75 Å². The molecular formula is C15H18O5. The van der Waals surface area contributed by atoms with Crippen molar-refractivity contribution in [1.82, 2.24) is 0 Å². The number of ketones is 1. The summed E-state index contributed by atoms with van der Waals surface area (Å²) in [5, 5.41) is 0. The quantitative estimate of drug-likeness (QED) is 0.579. The fraction of sp³-hybridized carbons (Fsp3) is 0.400. The molecule has 0 N–H and O–H groups in total. The lowest BCUT2D eigenvalue weighted by atomic mass is 9.91. The van der Waals surface area contributed by atoms with E-state index in [4.69, 9.17) is 4.74 Å². The highest BCUT2D eigenvalue weighted by Crippen LogP contribution is 2.23. The van der Waals surface area contributed by atoms with Gasteiger partial charge in [0.05, 0.1) is 7.11 Å². The highest BCUT2D eigenvalue weighted by Gasteiger charge is 2.15. The molecule has 1 aromatic rings. The molecule has 1 aliphatic rings. The first kappa shape index (κ1) is 15.9. The summed E-state index contributed by atoms with van der Waals surface area (Å²) in [7, 11) is 1.65. The summed E-state index contributed by atoms with van der Waals surface area (Å²) in [4.78, 5) is 30.8. The van der Waals surface area contributed by atoms with Crippen LogP contribution in [0.2, 0.25) is 0 Å². The second-order valence-electron chi connectivity index (χ2n) is 4.44. The zero-order valence-electron chi connectivity index (χ0n) is 11.9. The molecule has 108 valence electrons. The van der Waals surface area contributed by atoms with Gasteiger partial charge in [0.25, 0.3) is 0 Å². The van der Waals surface area contributed by atoms with Crippen LogP contribution in [-0.4, -0.2) is 24.8 Å². The summed E-state index contributed by atoms with van der Waals surface area (Å²) in [5.41, 5.74) is 2.43. The fourth-order valence-corrected chi connectivity index (χ4v) is 1.92. The standard InChI is InChI=1S/C11H12O2.C4H6O3/c1-13-11-5-3-8-2-4-10(12)6-9(8)7-11;1-3(5)7-4(2)6/h3,5,7H,2,4,6H2,1H3;1-2H3. The summed E-state index contributed by atoms with van der Waals surface area (Å²) >= 11 is 0. The highest BCUT2D eigenvalue weighted by atomic mass is 16.6. The van der Waals surface area contributed by atoms with Gasteiger partial charge in [-0.15, -0.1) is 0 Å². The van der Waals surface area contributed by atoms with E-state index in [2.05, 4.69) is 10.8 Å². The molecule has 5 nitrogen and oxygen atoms in total. The Labute approximate surface area is 117 Å². The first-order chi connectivity index (χ1) is 9.42. The van der Waals surface area contributed by atoms with E-state index in [0.717, 1.165) is 17.7 Å². The van der Waals surface area contributed by atoms with Gasteiger partial charge in [-0.05, 0) is 29.7 Å². The second-order valence-corrected chi connectivity index (χ2v) is 4.44. The molecule has 0 atom stereocenters. The number of methoxy groups -OCH3 is 1. The number of aryl methyl sites for hydroxylation is 1. The Morgan fingerprint density at radius 3 is 2.20 bits per heavy atom. The molecule has 0 heterocycles. The number of fused-ring (bicyclic) bond motifs is 1. The van der Waals surface area contributed by atoms with E-state index in [1.807, 2.05) is 12.1 Å². The van der Waals surface area contributed by atoms with Crippen LogP contribution in [0.15, 0.2) is 18.2 Å². The molecule has 0 radical (unpaired) electrons. The first-order valence-corrected chi connectivity index (χ1v) is 6.29. The van der Waals surface area contributed by atoms with Gasteiger partial charge in [0.2, 0.25) is 0 Å². The average Bonchev–Trinajstić information content (AvgIpc) is 2.36. The first-order valence-electron chi connectivity index (χ1n) is 6.29. The van der Waals surface area contributed by atoms with Crippen molar-refractivity contribution in [3.05, 3.63) is 29.3 Å². The van der Waals surface area contributed by atoms with Crippen LogP contribution in [0, 0.1) is 0 Å². The van der Waals surface area contributed by atoms with Crippen molar-refractivity contribution in [2.24, 2.45) is 0 Å². The molecule has 0 bridgehead atoms. The van der Waals surface area contributed by atoms with Crippen LogP contribution in [0.25, 0.3) is 0 Å². The number of ether oxygens (including phenoxy) is 2.